The molecule has 0 radical (unpaired) electrons. The zero-order chi connectivity index (χ0) is 15.4. The lowest BCUT2D eigenvalue weighted by atomic mass is 10.2. The van der Waals surface area contributed by atoms with Gasteiger partial charge in [-0.2, -0.15) is 0 Å². The van der Waals surface area contributed by atoms with Crippen molar-refractivity contribution in [2.24, 2.45) is 0 Å². The first-order valence-corrected chi connectivity index (χ1v) is 7.21. The van der Waals surface area contributed by atoms with Gasteiger partial charge in [0.2, 0.25) is 0 Å². The third-order valence-electron chi connectivity index (χ3n) is 3.54. The molecule has 1 saturated heterocycles. The van der Waals surface area contributed by atoms with Crippen molar-refractivity contribution in [1.29, 1.82) is 0 Å². The molecule has 1 atom stereocenters. The lowest BCUT2D eigenvalue weighted by molar-refractivity contribution is -0.124. The van der Waals surface area contributed by atoms with Crippen LogP contribution in [0.15, 0.2) is 24.5 Å². The van der Waals surface area contributed by atoms with Crippen LogP contribution in [0.4, 0.5) is 0 Å². The number of fused-ring (bicyclic) bond motifs is 1. The number of esters is 1. The first-order valence-electron chi connectivity index (χ1n) is 7.21. The van der Waals surface area contributed by atoms with Crippen LogP contribution in [0.3, 0.4) is 0 Å². The van der Waals surface area contributed by atoms with Gasteiger partial charge in [-0.15, -0.1) is 0 Å². The Morgan fingerprint density at radius 1 is 1.45 bits per heavy atom. The van der Waals surface area contributed by atoms with Gasteiger partial charge in [-0.05, 0) is 31.0 Å². The van der Waals surface area contributed by atoms with Crippen LogP contribution in [-0.2, 0) is 14.3 Å². The van der Waals surface area contributed by atoms with Crippen LogP contribution >= 0.6 is 0 Å². The van der Waals surface area contributed by atoms with Crippen LogP contribution in [0.1, 0.15) is 23.2 Å². The number of nitrogens with zero attached hydrogens (tertiary/aromatic N) is 1. The summed E-state index contributed by atoms with van der Waals surface area (Å²) in [5, 5.41) is 2.70. The van der Waals surface area contributed by atoms with Crippen molar-refractivity contribution >= 4 is 22.9 Å². The number of H-pyrrole nitrogens is 1. The van der Waals surface area contributed by atoms with Crippen molar-refractivity contribution in [3.63, 3.8) is 0 Å². The Morgan fingerprint density at radius 2 is 2.36 bits per heavy atom. The second kappa shape index (κ2) is 6.57. The fourth-order valence-electron chi connectivity index (χ4n) is 2.36. The van der Waals surface area contributed by atoms with E-state index >= 15 is 0 Å². The lowest BCUT2D eigenvalue weighted by Gasteiger charge is -2.11. The molecule has 7 nitrogen and oxygen atoms in total. The molecule has 2 heterocycles. The minimum Gasteiger partial charge on any atom is -0.452 e. The highest BCUT2D eigenvalue weighted by molar-refractivity contribution is 5.94. The maximum Gasteiger partial charge on any atom is 0.338 e. The van der Waals surface area contributed by atoms with E-state index in [2.05, 4.69) is 15.3 Å². The van der Waals surface area contributed by atoms with E-state index in [0.29, 0.717) is 12.1 Å². The standard InChI is InChI=1S/C15H17N3O4/c19-14(16-7-11-2-1-5-21-11)8-22-15(20)10-3-4-12-13(6-10)18-9-17-12/h3-4,6,9,11H,1-2,5,7-8H2,(H,16,19)(H,17,18). The molecule has 1 unspecified atom stereocenters. The number of rotatable bonds is 5. The summed E-state index contributed by atoms with van der Waals surface area (Å²) < 4.78 is 10.4. The minimum atomic E-state index is -0.538. The second-order valence-corrected chi connectivity index (χ2v) is 5.15. The number of nitrogens with one attached hydrogen (secondary N) is 2. The highest BCUT2D eigenvalue weighted by atomic mass is 16.5. The van der Waals surface area contributed by atoms with Gasteiger partial charge < -0.3 is 19.8 Å². The van der Waals surface area contributed by atoms with Crippen LogP contribution in [0.25, 0.3) is 11.0 Å². The summed E-state index contributed by atoms with van der Waals surface area (Å²) in [6, 6.07) is 4.99. The maximum atomic E-state index is 11.9. The van der Waals surface area contributed by atoms with Crippen molar-refractivity contribution in [2.75, 3.05) is 19.8 Å². The topological polar surface area (TPSA) is 93.3 Å². The van der Waals surface area contributed by atoms with Gasteiger partial charge in [0, 0.05) is 13.2 Å². The van der Waals surface area contributed by atoms with E-state index in [1.807, 2.05) is 0 Å². The molecular weight excluding hydrogens is 286 g/mol. The number of hydrogen-bond acceptors (Lipinski definition) is 5. The van der Waals surface area contributed by atoms with E-state index in [9.17, 15) is 9.59 Å². The number of benzene rings is 1. The maximum absolute atomic E-state index is 11.9. The van der Waals surface area contributed by atoms with Gasteiger partial charge in [-0.25, -0.2) is 9.78 Å². The van der Waals surface area contributed by atoms with Gasteiger partial charge in [0.05, 0.1) is 29.0 Å². The Kier molecular flexibility index (Phi) is 4.34. The quantitative estimate of drug-likeness (QED) is 0.804. The summed E-state index contributed by atoms with van der Waals surface area (Å²) in [5.41, 5.74) is 1.90. The van der Waals surface area contributed by atoms with Crippen molar-refractivity contribution < 1.29 is 19.1 Å². The molecule has 0 aliphatic carbocycles. The monoisotopic (exact) mass is 303 g/mol. The number of imidazole rings is 1. The molecule has 7 heteroatoms. The molecule has 0 saturated carbocycles. The Hall–Kier alpha value is -2.41. The Labute approximate surface area is 127 Å². The first-order chi connectivity index (χ1) is 10.7. The Bertz CT molecular complexity index is 676. The molecule has 1 aromatic carbocycles. The van der Waals surface area contributed by atoms with Gasteiger partial charge in [-0.1, -0.05) is 0 Å². The Balaban J connectivity index is 1.47. The van der Waals surface area contributed by atoms with Gasteiger partial charge in [0.15, 0.2) is 6.61 Å². The van der Waals surface area contributed by atoms with E-state index in [-0.39, 0.29) is 18.6 Å². The average Bonchev–Trinajstić information content (AvgIpc) is 3.20. The molecule has 22 heavy (non-hydrogen) atoms. The van der Waals surface area contributed by atoms with Crippen molar-refractivity contribution in [2.45, 2.75) is 18.9 Å². The summed E-state index contributed by atoms with van der Waals surface area (Å²) in [6.07, 6.45) is 3.59. The molecule has 1 aliphatic heterocycles. The summed E-state index contributed by atoms with van der Waals surface area (Å²) >= 11 is 0. The average molecular weight is 303 g/mol. The third kappa shape index (κ3) is 3.43. The highest BCUT2D eigenvalue weighted by Gasteiger charge is 2.17. The van der Waals surface area contributed by atoms with E-state index < -0.39 is 5.97 Å². The number of aromatic amines is 1. The number of amides is 1. The van der Waals surface area contributed by atoms with Crippen LogP contribution in [-0.4, -0.2) is 47.7 Å². The number of carbonyl (C=O) groups is 2. The molecule has 1 aromatic heterocycles. The molecule has 2 N–H and O–H groups in total. The van der Waals surface area contributed by atoms with Crippen LogP contribution in [0.5, 0.6) is 0 Å². The molecule has 0 spiro atoms. The van der Waals surface area contributed by atoms with E-state index in [1.165, 1.54) is 0 Å². The third-order valence-corrected chi connectivity index (χ3v) is 3.54. The molecule has 1 amide bonds. The smallest absolute Gasteiger partial charge is 0.338 e. The second-order valence-electron chi connectivity index (χ2n) is 5.15. The predicted octanol–water partition coefficient (Wildman–Crippen LogP) is 1.01. The van der Waals surface area contributed by atoms with Crippen molar-refractivity contribution in [3.8, 4) is 0 Å². The molecule has 3 rings (SSSR count). The van der Waals surface area contributed by atoms with Gasteiger partial charge in [-0.3, -0.25) is 4.79 Å². The largest absolute Gasteiger partial charge is 0.452 e. The van der Waals surface area contributed by atoms with Crippen LogP contribution in [0.2, 0.25) is 0 Å². The van der Waals surface area contributed by atoms with Crippen molar-refractivity contribution in [1.82, 2.24) is 15.3 Å². The zero-order valence-corrected chi connectivity index (χ0v) is 12.0. The van der Waals surface area contributed by atoms with Gasteiger partial charge in [0.1, 0.15) is 0 Å². The zero-order valence-electron chi connectivity index (χ0n) is 12.0. The summed E-state index contributed by atoms with van der Waals surface area (Å²) in [4.78, 5) is 30.6. The molecule has 116 valence electrons. The van der Waals surface area contributed by atoms with Gasteiger partial charge >= 0.3 is 5.97 Å². The molecule has 1 aliphatic rings. The minimum absolute atomic E-state index is 0.0717. The number of aromatic nitrogens is 2. The fraction of sp³-hybridized carbons (Fsp3) is 0.400. The molecule has 1 fully saturated rings. The summed E-state index contributed by atoms with van der Waals surface area (Å²) in [6.45, 7) is 0.897. The predicted molar refractivity (Wildman–Crippen MR) is 78.4 cm³/mol. The number of ether oxygens (including phenoxy) is 2. The van der Waals surface area contributed by atoms with E-state index in [0.717, 1.165) is 30.5 Å². The van der Waals surface area contributed by atoms with Crippen LogP contribution in [0, 0.1) is 0 Å². The van der Waals surface area contributed by atoms with E-state index in [1.54, 1.807) is 24.5 Å². The lowest BCUT2D eigenvalue weighted by Crippen LogP contribution is -2.34. The molecule has 2 aromatic rings. The summed E-state index contributed by atoms with van der Waals surface area (Å²) in [7, 11) is 0. The number of hydrogen-bond donors (Lipinski definition) is 2. The molecule has 0 bridgehead atoms. The van der Waals surface area contributed by atoms with Gasteiger partial charge in [0.25, 0.3) is 5.91 Å². The normalized spacial score (nSPS) is 17.5. The summed E-state index contributed by atoms with van der Waals surface area (Å²) in [5.74, 6) is -0.866. The number of carbonyl (C=O) groups excluding carboxylic acids is 2. The van der Waals surface area contributed by atoms with Crippen molar-refractivity contribution in [3.05, 3.63) is 30.1 Å². The molecular formula is C15H17N3O4. The van der Waals surface area contributed by atoms with E-state index in [4.69, 9.17) is 9.47 Å². The SMILES string of the molecule is O=C(COC(=O)c1ccc2nc[nH]c2c1)NCC1CCCO1. The van der Waals surface area contributed by atoms with Crippen LogP contribution < -0.4 is 5.32 Å². The fourth-order valence-corrected chi connectivity index (χ4v) is 2.36. The Morgan fingerprint density at radius 3 is 3.18 bits per heavy atom. The highest BCUT2D eigenvalue weighted by Crippen LogP contribution is 2.12. The first kappa shape index (κ1) is 14.5.